The van der Waals surface area contributed by atoms with Crippen molar-refractivity contribution in [2.75, 3.05) is 6.54 Å². The summed E-state index contributed by atoms with van der Waals surface area (Å²) in [6.07, 6.45) is 0. The van der Waals surface area contributed by atoms with E-state index in [4.69, 9.17) is 0 Å². The average molecular weight is 99.2 g/mol. The van der Waals surface area contributed by atoms with Gasteiger partial charge in [0.25, 0.3) is 0 Å². The number of rotatable bonds is 0. The van der Waals surface area contributed by atoms with Crippen molar-refractivity contribution >= 4 is 0 Å². The van der Waals surface area contributed by atoms with E-state index >= 15 is 0 Å². The van der Waals surface area contributed by atoms with E-state index in [2.05, 4.69) is 26.1 Å². The maximum Gasteiger partial charge on any atom is 0.0102 e. The van der Waals surface area contributed by atoms with Crippen molar-refractivity contribution in [2.24, 2.45) is 5.41 Å². The minimum absolute atomic E-state index is 0.569. The first-order valence-electron chi connectivity index (χ1n) is 2.86. The molecule has 1 heterocycles. The van der Waals surface area contributed by atoms with Crippen LogP contribution in [-0.4, -0.2) is 12.6 Å². The van der Waals surface area contributed by atoms with Crippen LogP contribution in [0.15, 0.2) is 0 Å². The van der Waals surface area contributed by atoms with E-state index in [0.29, 0.717) is 5.41 Å². The maximum atomic E-state index is 3.30. The van der Waals surface area contributed by atoms with E-state index in [1.54, 1.807) is 0 Å². The lowest BCUT2D eigenvalue weighted by molar-refractivity contribution is 0.143. The molecule has 42 valence electrons. The molecule has 0 aromatic rings. The molecule has 0 aromatic carbocycles. The van der Waals surface area contributed by atoms with Crippen LogP contribution in [-0.2, 0) is 0 Å². The molecule has 1 N–H and O–H groups in total. The summed E-state index contributed by atoms with van der Waals surface area (Å²) in [6, 6.07) is 0.729. The summed E-state index contributed by atoms with van der Waals surface area (Å²) in [4.78, 5) is 0. The van der Waals surface area contributed by atoms with Crippen LogP contribution in [0.4, 0.5) is 0 Å². The van der Waals surface area contributed by atoms with Gasteiger partial charge in [0.2, 0.25) is 0 Å². The lowest BCUT2D eigenvalue weighted by Gasteiger charge is -2.43. The summed E-state index contributed by atoms with van der Waals surface area (Å²) in [6.45, 7) is 7.99. The minimum atomic E-state index is 0.569. The highest BCUT2D eigenvalue weighted by molar-refractivity contribution is 4.91. The smallest absolute Gasteiger partial charge is 0.0102 e. The van der Waals surface area contributed by atoms with E-state index in [9.17, 15) is 0 Å². The molecular weight excluding hydrogens is 86.1 g/mol. The van der Waals surface area contributed by atoms with Crippen molar-refractivity contribution in [3.05, 3.63) is 0 Å². The van der Waals surface area contributed by atoms with Crippen LogP contribution in [0.25, 0.3) is 0 Å². The molecule has 0 saturated carbocycles. The number of hydrogen-bond donors (Lipinski definition) is 1. The van der Waals surface area contributed by atoms with Gasteiger partial charge in [-0.25, -0.2) is 0 Å². The number of nitrogens with one attached hydrogen (secondary N) is 1. The van der Waals surface area contributed by atoms with Gasteiger partial charge >= 0.3 is 0 Å². The summed E-state index contributed by atoms with van der Waals surface area (Å²) in [5.41, 5.74) is 0.569. The van der Waals surface area contributed by atoms with Crippen molar-refractivity contribution in [2.45, 2.75) is 26.8 Å². The first-order valence-corrected chi connectivity index (χ1v) is 2.86. The van der Waals surface area contributed by atoms with Gasteiger partial charge in [-0.2, -0.15) is 0 Å². The van der Waals surface area contributed by atoms with E-state index in [0.717, 1.165) is 6.04 Å². The van der Waals surface area contributed by atoms with Gasteiger partial charge in [0.05, 0.1) is 0 Å². The SMILES string of the molecule is CC1NCC1(C)C. The van der Waals surface area contributed by atoms with E-state index < -0.39 is 0 Å². The molecule has 1 nitrogen and oxygen atoms in total. The molecule has 1 saturated heterocycles. The summed E-state index contributed by atoms with van der Waals surface area (Å²) in [5, 5.41) is 3.30. The Hall–Kier alpha value is -0.0400. The van der Waals surface area contributed by atoms with Gasteiger partial charge in [-0.15, -0.1) is 0 Å². The van der Waals surface area contributed by atoms with Crippen molar-refractivity contribution in [1.82, 2.24) is 5.32 Å². The van der Waals surface area contributed by atoms with Crippen molar-refractivity contribution in [3.63, 3.8) is 0 Å². The Morgan fingerprint density at radius 3 is 2.00 bits per heavy atom. The normalized spacial score (nSPS) is 37.3. The van der Waals surface area contributed by atoms with Crippen LogP contribution in [0.1, 0.15) is 20.8 Å². The highest BCUT2D eigenvalue weighted by Gasteiger charge is 2.33. The second-order valence-corrected chi connectivity index (χ2v) is 3.09. The van der Waals surface area contributed by atoms with Crippen LogP contribution in [0.2, 0.25) is 0 Å². The Kier molecular flexibility index (Phi) is 0.890. The average Bonchev–Trinajstić information content (AvgIpc) is 1.63. The molecule has 1 atom stereocenters. The van der Waals surface area contributed by atoms with Gasteiger partial charge < -0.3 is 5.32 Å². The van der Waals surface area contributed by atoms with Gasteiger partial charge in [0.15, 0.2) is 0 Å². The topological polar surface area (TPSA) is 12.0 Å². The third kappa shape index (κ3) is 0.653. The maximum absolute atomic E-state index is 3.30. The lowest BCUT2D eigenvalue weighted by atomic mass is 9.78. The van der Waals surface area contributed by atoms with Crippen LogP contribution in [0.5, 0.6) is 0 Å². The largest absolute Gasteiger partial charge is 0.313 e. The van der Waals surface area contributed by atoms with E-state index in [1.165, 1.54) is 6.54 Å². The van der Waals surface area contributed by atoms with Crippen LogP contribution >= 0.6 is 0 Å². The Labute approximate surface area is 45.1 Å². The monoisotopic (exact) mass is 99.1 g/mol. The molecule has 0 radical (unpaired) electrons. The molecular formula is C6H13N. The Morgan fingerprint density at radius 2 is 2.00 bits per heavy atom. The first-order chi connectivity index (χ1) is 3.13. The molecule has 0 aliphatic carbocycles. The van der Waals surface area contributed by atoms with Gasteiger partial charge in [-0.1, -0.05) is 13.8 Å². The molecule has 1 heteroatoms. The highest BCUT2D eigenvalue weighted by atomic mass is 15.0. The molecule has 7 heavy (non-hydrogen) atoms. The second-order valence-electron chi connectivity index (χ2n) is 3.09. The van der Waals surface area contributed by atoms with Crippen molar-refractivity contribution < 1.29 is 0 Å². The van der Waals surface area contributed by atoms with Gasteiger partial charge in [0, 0.05) is 12.6 Å². The zero-order valence-electron chi connectivity index (χ0n) is 5.28. The highest BCUT2D eigenvalue weighted by Crippen LogP contribution is 2.26. The quantitative estimate of drug-likeness (QED) is 0.478. The van der Waals surface area contributed by atoms with Gasteiger partial charge in [-0.05, 0) is 12.3 Å². The number of hydrogen-bond acceptors (Lipinski definition) is 1. The molecule has 0 spiro atoms. The fourth-order valence-corrected chi connectivity index (χ4v) is 0.714. The Morgan fingerprint density at radius 1 is 1.57 bits per heavy atom. The zero-order valence-corrected chi connectivity index (χ0v) is 5.28. The Bertz CT molecular complexity index is 76.2. The molecule has 0 amide bonds. The van der Waals surface area contributed by atoms with Crippen LogP contribution in [0.3, 0.4) is 0 Å². The molecule has 1 rings (SSSR count). The molecule has 1 fully saturated rings. The molecule has 0 bridgehead atoms. The van der Waals surface area contributed by atoms with Crippen molar-refractivity contribution in [1.29, 1.82) is 0 Å². The fraction of sp³-hybridized carbons (Fsp3) is 1.00. The van der Waals surface area contributed by atoms with Crippen LogP contribution in [0, 0.1) is 5.41 Å². The van der Waals surface area contributed by atoms with E-state index in [-0.39, 0.29) is 0 Å². The summed E-state index contributed by atoms with van der Waals surface area (Å²) in [7, 11) is 0. The lowest BCUT2D eigenvalue weighted by Crippen LogP contribution is -2.57. The van der Waals surface area contributed by atoms with Gasteiger partial charge in [-0.3, -0.25) is 0 Å². The predicted molar refractivity (Wildman–Crippen MR) is 31.2 cm³/mol. The molecule has 0 aromatic heterocycles. The summed E-state index contributed by atoms with van der Waals surface area (Å²) >= 11 is 0. The Balaban J connectivity index is 2.43. The molecule has 1 aliphatic heterocycles. The fourth-order valence-electron chi connectivity index (χ4n) is 0.714. The standard InChI is InChI=1S/C6H13N/c1-5-6(2,3)4-7-5/h5,7H,4H2,1-3H3. The summed E-state index contributed by atoms with van der Waals surface area (Å²) in [5.74, 6) is 0. The zero-order chi connectivity index (χ0) is 5.49. The molecule has 1 aliphatic rings. The minimum Gasteiger partial charge on any atom is -0.313 e. The van der Waals surface area contributed by atoms with Crippen LogP contribution < -0.4 is 5.32 Å². The van der Waals surface area contributed by atoms with Crippen molar-refractivity contribution in [3.8, 4) is 0 Å². The van der Waals surface area contributed by atoms with Gasteiger partial charge in [0.1, 0.15) is 0 Å². The summed E-state index contributed by atoms with van der Waals surface area (Å²) < 4.78 is 0. The third-order valence-corrected chi connectivity index (χ3v) is 2.04. The predicted octanol–water partition coefficient (Wildman–Crippen LogP) is 1.00. The second kappa shape index (κ2) is 1.22. The first kappa shape index (κ1) is 5.10. The van der Waals surface area contributed by atoms with E-state index in [1.807, 2.05) is 0 Å². The third-order valence-electron chi connectivity index (χ3n) is 2.04. The molecule has 1 unspecified atom stereocenters.